The van der Waals surface area contributed by atoms with Gasteiger partial charge in [-0.3, -0.25) is 4.79 Å². The maximum absolute atomic E-state index is 12.2. The summed E-state index contributed by atoms with van der Waals surface area (Å²) in [5.74, 6) is -0.673. The van der Waals surface area contributed by atoms with Crippen LogP contribution in [0.15, 0.2) is 21.5 Å². The third kappa shape index (κ3) is 2.50. The Hall–Kier alpha value is -1.04. The number of ether oxygens (including phenoxy) is 1. The van der Waals surface area contributed by atoms with Crippen LogP contribution < -0.4 is 5.43 Å². The van der Waals surface area contributed by atoms with Gasteiger partial charge < -0.3 is 9.72 Å². The SMILES string of the molecule is CCOC(=O)c1c[nH]c2c(Cl)c(Cl)c(Br)cc2c1=O. The fourth-order valence-corrected chi connectivity index (χ4v) is 2.58. The Morgan fingerprint density at radius 1 is 1.42 bits per heavy atom. The molecule has 4 nitrogen and oxygen atoms in total. The molecule has 7 heteroatoms. The molecule has 0 spiro atoms. The number of nitrogens with one attached hydrogen (secondary N) is 1. The van der Waals surface area contributed by atoms with Crippen LogP contribution in [0.4, 0.5) is 0 Å². The zero-order chi connectivity index (χ0) is 14.2. The Bertz CT molecular complexity index is 727. The Balaban J connectivity index is 2.76. The van der Waals surface area contributed by atoms with Crippen LogP contribution in [-0.2, 0) is 4.74 Å². The molecule has 1 aromatic carbocycles. The second-order valence-electron chi connectivity index (χ2n) is 3.66. The maximum Gasteiger partial charge on any atom is 0.343 e. The van der Waals surface area contributed by atoms with E-state index < -0.39 is 11.4 Å². The van der Waals surface area contributed by atoms with Crippen molar-refractivity contribution in [2.45, 2.75) is 6.92 Å². The van der Waals surface area contributed by atoms with E-state index in [1.54, 1.807) is 6.92 Å². The minimum Gasteiger partial charge on any atom is -0.462 e. The molecule has 0 radical (unpaired) electrons. The van der Waals surface area contributed by atoms with Crippen molar-refractivity contribution < 1.29 is 9.53 Å². The summed E-state index contributed by atoms with van der Waals surface area (Å²) in [5.41, 5.74) is -0.140. The molecule has 2 rings (SSSR count). The number of pyridine rings is 1. The Labute approximate surface area is 126 Å². The molecule has 100 valence electrons. The van der Waals surface area contributed by atoms with Crippen LogP contribution in [0.3, 0.4) is 0 Å². The van der Waals surface area contributed by atoms with Crippen molar-refractivity contribution in [2.24, 2.45) is 0 Å². The molecule has 0 atom stereocenters. The lowest BCUT2D eigenvalue weighted by Gasteiger charge is -2.07. The van der Waals surface area contributed by atoms with Gasteiger partial charge in [0.15, 0.2) is 0 Å². The average Bonchev–Trinajstić information content (AvgIpc) is 2.38. The van der Waals surface area contributed by atoms with E-state index in [1.807, 2.05) is 0 Å². The third-order valence-electron chi connectivity index (χ3n) is 2.51. The lowest BCUT2D eigenvalue weighted by atomic mass is 10.1. The smallest absolute Gasteiger partial charge is 0.343 e. The minimum absolute atomic E-state index is 0.0698. The molecule has 0 aliphatic carbocycles. The van der Waals surface area contributed by atoms with E-state index in [4.69, 9.17) is 27.9 Å². The number of esters is 1. The molecule has 0 saturated heterocycles. The molecule has 0 saturated carbocycles. The number of hydrogen-bond acceptors (Lipinski definition) is 3. The van der Waals surface area contributed by atoms with Crippen molar-refractivity contribution in [1.29, 1.82) is 0 Å². The van der Waals surface area contributed by atoms with Crippen molar-refractivity contribution in [1.82, 2.24) is 4.98 Å². The summed E-state index contributed by atoms with van der Waals surface area (Å²) in [6.45, 7) is 1.86. The van der Waals surface area contributed by atoms with Crippen LogP contribution in [0.2, 0.25) is 10.0 Å². The standard InChI is InChI=1S/C12H8BrCl2NO3/c1-2-19-12(18)6-4-16-10-5(11(6)17)3-7(13)8(14)9(10)15/h3-4H,2H2,1H3,(H,16,17). The van der Waals surface area contributed by atoms with Crippen LogP contribution in [-0.4, -0.2) is 17.6 Å². The quantitative estimate of drug-likeness (QED) is 0.651. The van der Waals surface area contributed by atoms with Crippen LogP contribution in [0.5, 0.6) is 0 Å². The van der Waals surface area contributed by atoms with E-state index in [0.717, 1.165) is 0 Å². The first-order chi connectivity index (χ1) is 8.97. The van der Waals surface area contributed by atoms with Gasteiger partial charge in [-0.25, -0.2) is 4.79 Å². The first-order valence-corrected chi connectivity index (χ1v) is 6.88. The van der Waals surface area contributed by atoms with E-state index in [1.165, 1.54) is 12.3 Å². The summed E-state index contributed by atoms with van der Waals surface area (Å²) in [6.07, 6.45) is 1.28. The van der Waals surface area contributed by atoms with E-state index >= 15 is 0 Å². The summed E-state index contributed by atoms with van der Waals surface area (Å²) in [6, 6.07) is 1.52. The van der Waals surface area contributed by atoms with Crippen molar-refractivity contribution in [2.75, 3.05) is 6.61 Å². The number of fused-ring (bicyclic) bond motifs is 1. The van der Waals surface area contributed by atoms with Crippen LogP contribution in [0, 0.1) is 0 Å². The minimum atomic E-state index is -0.673. The van der Waals surface area contributed by atoms with Crippen molar-refractivity contribution >= 4 is 56.0 Å². The largest absolute Gasteiger partial charge is 0.462 e. The fourth-order valence-electron chi connectivity index (χ4n) is 1.63. The van der Waals surface area contributed by atoms with Gasteiger partial charge in [0.05, 0.1) is 22.2 Å². The normalized spacial score (nSPS) is 10.7. The highest BCUT2D eigenvalue weighted by Crippen LogP contribution is 2.34. The predicted octanol–water partition coefficient (Wildman–Crippen LogP) is 3.77. The highest BCUT2D eigenvalue weighted by molar-refractivity contribution is 9.10. The molecule has 0 aliphatic rings. The number of hydrogen-bond donors (Lipinski definition) is 1. The van der Waals surface area contributed by atoms with Gasteiger partial charge in [-0.05, 0) is 28.9 Å². The molecular formula is C12H8BrCl2NO3. The Morgan fingerprint density at radius 3 is 2.74 bits per heavy atom. The molecule has 0 unspecified atom stereocenters. The molecule has 0 bridgehead atoms. The van der Waals surface area contributed by atoms with Gasteiger partial charge in [0.25, 0.3) is 0 Å². The summed E-state index contributed by atoms with van der Waals surface area (Å²) in [5, 5.41) is 0.791. The molecule has 0 amide bonds. The molecule has 1 N–H and O–H groups in total. The Morgan fingerprint density at radius 2 is 2.11 bits per heavy atom. The second kappa shape index (κ2) is 5.53. The van der Waals surface area contributed by atoms with Crippen LogP contribution >= 0.6 is 39.1 Å². The molecular weight excluding hydrogens is 357 g/mol. The van der Waals surface area contributed by atoms with Crippen molar-refractivity contribution in [3.05, 3.63) is 42.6 Å². The van der Waals surface area contributed by atoms with Crippen molar-refractivity contribution in [3.8, 4) is 0 Å². The number of carbonyl (C=O) groups is 1. The topological polar surface area (TPSA) is 59.2 Å². The zero-order valence-electron chi connectivity index (χ0n) is 9.72. The summed E-state index contributed by atoms with van der Waals surface area (Å²) in [4.78, 5) is 26.6. The monoisotopic (exact) mass is 363 g/mol. The maximum atomic E-state index is 12.2. The first kappa shape index (κ1) is 14.4. The number of rotatable bonds is 2. The van der Waals surface area contributed by atoms with Gasteiger partial charge in [0.1, 0.15) is 5.56 Å². The number of aromatic amines is 1. The number of benzene rings is 1. The fraction of sp³-hybridized carbons (Fsp3) is 0.167. The van der Waals surface area contributed by atoms with E-state index in [0.29, 0.717) is 15.0 Å². The number of H-pyrrole nitrogens is 1. The summed E-state index contributed by atoms with van der Waals surface area (Å²) >= 11 is 15.2. The third-order valence-corrected chi connectivity index (χ3v) is 4.23. The average molecular weight is 365 g/mol. The van der Waals surface area contributed by atoms with E-state index in [-0.39, 0.29) is 22.6 Å². The lowest BCUT2D eigenvalue weighted by Crippen LogP contribution is -2.18. The predicted molar refractivity (Wildman–Crippen MR) is 78.2 cm³/mol. The highest BCUT2D eigenvalue weighted by Gasteiger charge is 2.17. The molecule has 0 aliphatic heterocycles. The highest BCUT2D eigenvalue weighted by atomic mass is 79.9. The second-order valence-corrected chi connectivity index (χ2v) is 5.27. The van der Waals surface area contributed by atoms with Crippen LogP contribution in [0.25, 0.3) is 10.9 Å². The molecule has 1 aromatic heterocycles. The van der Waals surface area contributed by atoms with Gasteiger partial charge in [-0.15, -0.1) is 0 Å². The summed E-state index contributed by atoms with van der Waals surface area (Å²) < 4.78 is 5.30. The van der Waals surface area contributed by atoms with Gasteiger partial charge in [-0.2, -0.15) is 0 Å². The zero-order valence-corrected chi connectivity index (χ0v) is 12.8. The summed E-state index contributed by atoms with van der Waals surface area (Å²) in [7, 11) is 0. The molecule has 0 fully saturated rings. The van der Waals surface area contributed by atoms with Gasteiger partial charge >= 0.3 is 5.97 Å². The molecule has 1 heterocycles. The number of halogens is 3. The first-order valence-electron chi connectivity index (χ1n) is 5.33. The Kier molecular flexibility index (Phi) is 4.18. The van der Waals surface area contributed by atoms with E-state index in [9.17, 15) is 9.59 Å². The lowest BCUT2D eigenvalue weighted by molar-refractivity contribution is 0.0524. The molecule has 19 heavy (non-hydrogen) atoms. The van der Waals surface area contributed by atoms with Gasteiger partial charge in [0, 0.05) is 16.1 Å². The number of carbonyl (C=O) groups excluding carboxylic acids is 1. The van der Waals surface area contributed by atoms with Gasteiger partial charge in [0.2, 0.25) is 5.43 Å². The van der Waals surface area contributed by atoms with Crippen LogP contribution in [0.1, 0.15) is 17.3 Å². The molecule has 2 aromatic rings. The number of aromatic nitrogens is 1. The van der Waals surface area contributed by atoms with E-state index in [2.05, 4.69) is 20.9 Å². The van der Waals surface area contributed by atoms with Gasteiger partial charge in [-0.1, -0.05) is 23.2 Å². The van der Waals surface area contributed by atoms with Crippen molar-refractivity contribution in [3.63, 3.8) is 0 Å².